The van der Waals surface area contributed by atoms with Crippen LogP contribution in [0.3, 0.4) is 0 Å². The highest BCUT2D eigenvalue weighted by Crippen LogP contribution is 2.35. The molecular weight excluding hydrogens is 549 g/mol. The number of sulfonamides is 2. The van der Waals surface area contributed by atoms with Gasteiger partial charge in [0.25, 0.3) is 0 Å². The summed E-state index contributed by atoms with van der Waals surface area (Å²) in [7, 11) is -4.71. The van der Waals surface area contributed by atoms with Gasteiger partial charge in [0.15, 0.2) is 0 Å². The summed E-state index contributed by atoms with van der Waals surface area (Å²) in [4.78, 5) is 1.82. The monoisotopic (exact) mass is 571 g/mol. The van der Waals surface area contributed by atoms with E-state index in [1.165, 1.54) is 42.8 Å². The number of nitrogens with one attached hydrogen (secondary N) is 1. The van der Waals surface area contributed by atoms with Gasteiger partial charge in [0, 0.05) is 39.8 Å². The minimum atomic E-state index is -3.91. The Labute approximate surface area is 214 Å². The van der Waals surface area contributed by atoms with E-state index in [-0.39, 0.29) is 51.1 Å². The van der Waals surface area contributed by atoms with Crippen molar-refractivity contribution in [3.8, 4) is 5.75 Å². The van der Waals surface area contributed by atoms with Crippen molar-refractivity contribution in [1.82, 2.24) is 9.03 Å². The minimum absolute atomic E-state index is 0.0163. The first-order valence-corrected chi connectivity index (χ1v) is 14.1. The highest BCUT2D eigenvalue weighted by Gasteiger charge is 2.32. The van der Waals surface area contributed by atoms with E-state index in [0.717, 1.165) is 0 Å². The van der Waals surface area contributed by atoms with Crippen LogP contribution < -0.4 is 14.4 Å². The second-order valence-corrected chi connectivity index (χ2v) is 12.2. The van der Waals surface area contributed by atoms with Crippen molar-refractivity contribution in [2.24, 2.45) is 0 Å². The zero-order valence-corrected chi connectivity index (χ0v) is 22.3. The quantitative estimate of drug-likeness (QED) is 0.364. The van der Waals surface area contributed by atoms with Gasteiger partial charge in [-0.2, -0.15) is 4.31 Å². The average molecular weight is 573 g/mol. The molecule has 2 aromatic rings. The highest BCUT2D eigenvalue weighted by molar-refractivity contribution is 7.89. The number of rotatable bonds is 9. The molecule has 14 heteroatoms. The van der Waals surface area contributed by atoms with Gasteiger partial charge >= 0.3 is 0 Å². The number of benzene rings is 2. The SMILES string of the molecule is COCCNS(=O)(=O)c1ccc(OC)c(N2CCN(S(=O)(=O)c3cc(Cl)c(Cl)cc3Cl)CC2)c1. The Morgan fingerprint density at radius 2 is 1.56 bits per heavy atom. The van der Waals surface area contributed by atoms with E-state index < -0.39 is 20.0 Å². The van der Waals surface area contributed by atoms with Crippen molar-refractivity contribution in [3.63, 3.8) is 0 Å². The molecule has 188 valence electrons. The Morgan fingerprint density at radius 1 is 0.912 bits per heavy atom. The van der Waals surface area contributed by atoms with Crippen LogP contribution in [0.2, 0.25) is 15.1 Å². The van der Waals surface area contributed by atoms with Crippen LogP contribution in [-0.2, 0) is 24.8 Å². The van der Waals surface area contributed by atoms with Crippen molar-refractivity contribution in [1.29, 1.82) is 0 Å². The molecule has 1 aliphatic heterocycles. The van der Waals surface area contributed by atoms with Crippen molar-refractivity contribution in [2.45, 2.75) is 9.79 Å². The number of hydrogen-bond donors (Lipinski definition) is 1. The van der Waals surface area contributed by atoms with E-state index in [4.69, 9.17) is 44.3 Å². The molecule has 0 unspecified atom stereocenters. The number of methoxy groups -OCH3 is 2. The molecule has 0 radical (unpaired) electrons. The molecule has 0 atom stereocenters. The third-order valence-corrected chi connectivity index (χ3v) is 9.78. The first-order chi connectivity index (χ1) is 16.0. The van der Waals surface area contributed by atoms with Crippen molar-refractivity contribution in [3.05, 3.63) is 45.4 Å². The molecular formula is C20H24Cl3N3O6S2. The summed E-state index contributed by atoms with van der Waals surface area (Å²) in [5, 5.41) is 0.233. The Kier molecular flexibility index (Phi) is 8.96. The van der Waals surface area contributed by atoms with Crippen LogP contribution in [0.1, 0.15) is 0 Å². The van der Waals surface area contributed by atoms with Gasteiger partial charge in [-0.15, -0.1) is 0 Å². The third-order valence-electron chi connectivity index (χ3n) is 5.23. The van der Waals surface area contributed by atoms with Crippen molar-refractivity contribution in [2.75, 3.05) is 58.5 Å². The Morgan fingerprint density at radius 3 is 2.18 bits per heavy atom. The second kappa shape index (κ2) is 11.2. The fraction of sp³-hybridized carbons (Fsp3) is 0.400. The smallest absolute Gasteiger partial charge is 0.244 e. The van der Waals surface area contributed by atoms with E-state index in [9.17, 15) is 16.8 Å². The molecule has 0 aliphatic carbocycles. The summed E-state index contributed by atoms with van der Waals surface area (Å²) in [5.41, 5.74) is 0.543. The first-order valence-electron chi connectivity index (χ1n) is 10.1. The molecule has 0 amide bonds. The lowest BCUT2D eigenvalue weighted by molar-refractivity contribution is 0.204. The minimum Gasteiger partial charge on any atom is -0.495 e. The third kappa shape index (κ3) is 5.90. The first kappa shape index (κ1) is 27.3. The normalized spacial score (nSPS) is 15.5. The summed E-state index contributed by atoms with van der Waals surface area (Å²) >= 11 is 18.1. The molecule has 2 aromatic carbocycles. The zero-order chi connectivity index (χ0) is 25.1. The average Bonchev–Trinajstić information content (AvgIpc) is 2.81. The fourth-order valence-electron chi connectivity index (χ4n) is 3.46. The molecule has 0 saturated carbocycles. The Hall–Kier alpha value is -1.31. The van der Waals surface area contributed by atoms with Crippen LogP contribution in [0.4, 0.5) is 5.69 Å². The largest absolute Gasteiger partial charge is 0.495 e. The van der Waals surface area contributed by atoms with Gasteiger partial charge in [-0.1, -0.05) is 34.8 Å². The Bertz CT molecular complexity index is 1250. The number of ether oxygens (including phenoxy) is 2. The Balaban J connectivity index is 1.81. The van der Waals surface area contributed by atoms with Crippen LogP contribution in [0.15, 0.2) is 40.1 Å². The lowest BCUT2D eigenvalue weighted by Crippen LogP contribution is -2.48. The molecule has 1 saturated heterocycles. The van der Waals surface area contributed by atoms with E-state index in [0.29, 0.717) is 24.5 Å². The fourth-order valence-corrected chi connectivity index (χ4v) is 6.89. The number of piperazine rings is 1. The van der Waals surface area contributed by atoms with Crippen LogP contribution in [0.25, 0.3) is 0 Å². The van der Waals surface area contributed by atoms with E-state index >= 15 is 0 Å². The topological polar surface area (TPSA) is 105 Å². The summed E-state index contributed by atoms with van der Waals surface area (Å²) < 4.78 is 65.6. The van der Waals surface area contributed by atoms with Gasteiger partial charge in [0.05, 0.1) is 39.4 Å². The van der Waals surface area contributed by atoms with Gasteiger partial charge in [-0.05, 0) is 30.3 Å². The summed E-state index contributed by atoms with van der Waals surface area (Å²) in [6, 6.07) is 7.06. The lowest BCUT2D eigenvalue weighted by Gasteiger charge is -2.36. The van der Waals surface area contributed by atoms with Crippen molar-refractivity contribution < 1.29 is 26.3 Å². The van der Waals surface area contributed by atoms with Crippen LogP contribution >= 0.6 is 34.8 Å². The van der Waals surface area contributed by atoms with E-state index in [1.54, 1.807) is 6.07 Å². The van der Waals surface area contributed by atoms with Gasteiger partial charge in [0.1, 0.15) is 10.6 Å². The number of nitrogens with zero attached hydrogens (tertiary/aromatic N) is 2. The van der Waals surface area contributed by atoms with Gasteiger partial charge in [-0.3, -0.25) is 0 Å². The van der Waals surface area contributed by atoms with Gasteiger partial charge in [0.2, 0.25) is 20.0 Å². The maximum absolute atomic E-state index is 13.1. The van der Waals surface area contributed by atoms with E-state index in [2.05, 4.69) is 4.72 Å². The molecule has 1 heterocycles. The molecule has 34 heavy (non-hydrogen) atoms. The summed E-state index contributed by atoms with van der Waals surface area (Å²) in [6.07, 6.45) is 0. The lowest BCUT2D eigenvalue weighted by atomic mass is 10.2. The standard InChI is InChI=1S/C20H24Cl3N3O6S2/c1-31-10-5-24-33(27,28)14-3-4-19(32-2)18(11-14)25-6-8-26(9-7-25)34(29,30)20-13-16(22)15(21)12-17(20)23/h3-4,11-13,24H,5-10H2,1-2H3. The van der Waals surface area contributed by atoms with Gasteiger partial charge in [-0.25, -0.2) is 21.6 Å². The van der Waals surface area contributed by atoms with Crippen LogP contribution in [0, 0.1) is 0 Å². The van der Waals surface area contributed by atoms with E-state index in [1.807, 2.05) is 4.90 Å². The second-order valence-electron chi connectivity index (χ2n) is 7.31. The van der Waals surface area contributed by atoms with Crippen LogP contribution in [0.5, 0.6) is 5.75 Å². The molecule has 0 aromatic heterocycles. The predicted octanol–water partition coefficient (Wildman–Crippen LogP) is 3.09. The zero-order valence-electron chi connectivity index (χ0n) is 18.4. The van der Waals surface area contributed by atoms with Crippen LogP contribution in [-0.4, -0.2) is 74.7 Å². The summed E-state index contributed by atoms with van der Waals surface area (Å²) in [6.45, 7) is 1.26. The highest BCUT2D eigenvalue weighted by atomic mass is 35.5. The number of anilines is 1. The summed E-state index contributed by atoms with van der Waals surface area (Å²) in [5.74, 6) is 0.472. The predicted molar refractivity (Wildman–Crippen MR) is 133 cm³/mol. The number of hydrogen-bond acceptors (Lipinski definition) is 7. The molecule has 1 fully saturated rings. The number of halogens is 3. The molecule has 3 rings (SSSR count). The molecule has 1 N–H and O–H groups in total. The molecule has 0 spiro atoms. The molecule has 1 aliphatic rings. The van der Waals surface area contributed by atoms with Gasteiger partial charge < -0.3 is 14.4 Å². The molecule has 0 bridgehead atoms. The maximum atomic E-state index is 13.1. The van der Waals surface area contributed by atoms with Crippen molar-refractivity contribution >= 4 is 60.5 Å². The molecule has 9 nitrogen and oxygen atoms in total. The maximum Gasteiger partial charge on any atom is 0.244 e.